The zero-order chi connectivity index (χ0) is 35.8. The molecular formula is C51H33N3. The van der Waals surface area contributed by atoms with Crippen LogP contribution in [-0.4, -0.2) is 15.0 Å². The second-order valence-electron chi connectivity index (χ2n) is 13.6. The molecule has 0 bridgehead atoms. The number of hydrogen-bond donors (Lipinski definition) is 0. The van der Waals surface area contributed by atoms with Gasteiger partial charge in [-0.25, -0.2) is 15.0 Å². The van der Waals surface area contributed by atoms with Crippen LogP contribution in [0.4, 0.5) is 0 Å². The number of hydrogen-bond acceptors (Lipinski definition) is 3. The van der Waals surface area contributed by atoms with Crippen molar-refractivity contribution in [2.75, 3.05) is 0 Å². The summed E-state index contributed by atoms with van der Waals surface area (Å²) in [5.74, 6) is 1.93. The Morgan fingerprint density at radius 2 is 0.685 bits per heavy atom. The summed E-state index contributed by atoms with van der Waals surface area (Å²) in [7, 11) is 0. The molecule has 0 aliphatic heterocycles. The van der Waals surface area contributed by atoms with Crippen molar-refractivity contribution in [1.82, 2.24) is 15.0 Å². The third kappa shape index (κ3) is 5.78. The lowest BCUT2D eigenvalue weighted by atomic mass is 9.89. The molecule has 0 radical (unpaired) electrons. The van der Waals surface area contributed by atoms with Gasteiger partial charge in [0.1, 0.15) is 0 Å². The summed E-state index contributed by atoms with van der Waals surface area (Å²) in [6.07, 6.45) is 0. The van der Waals surface area contributed by atoms with Gasteiger partial charge in [0.2, 0.25) is 0 Å². The molecule has 1 aromatic heterocycles. The molecule has 252 valence electrons. The zero-order valence-corrected chi connectivity index (χ0v) is 29.4. The van der Waals surface area contributed by atoms with Crippen molar-refractivity contribution in [3.63, 3.8) is 0 Å². The normalized spacial score (nSPS) is 11.3. The number of benzene rings is 9. The van der Waals surface area contributed by atoms with Crippen LogP contribution in [0.25, 0.3) is 99.9 Å². The Balaban J connectivity index is 1.01. The third-order valence-corrected chi connectivity index (χ3v) is 10.3. The van der Waals surface area contributed by atoms with Gasteiger partial charge in [-0.05, 0) is 77.8 Å². The number of fused-ring (bicyclic) bond motifs is 4. The topological polar surface area (TPSA) is 38.7 Å². The Hall–Kier alpha value is -7.23. The summed E-state index contributed by atoms with van der Waals surface area (Å²) in [4.78, 5) is 15.0. The quantitative estimate of drug-likeness (QED) is 0.129. The predicted molar refractivity (Wildman–Crippen MR) is 225 cm³/mol. The van der Waals surface area contributed by atoms with Gasteiger partial charge in [0.25, 0.3) is 0 Å². The van der Waals surface area contributed by atoms with E-state index in [2.05, 4.69) is 164 Å². The molecule has 0 spiro atoms. The number of rotatable bonds is 6. The van der Waals surface area contributed by atoms with E-state index in [0.29, 0.717) is 17.5 Å². The van der Waals surface area contributed by atoms with Crippen LogP contribution in [0.3, 0.4) is 0 Å². The Labute approximate surface area is 313 Å². The smallest absolute Gasteiger partial charge is 0.164 e. The van der Waals surface area contributed by atoms with Crippen LogP contribution in [0.2, 0.25) is 0 Å². The predicted octanol–water partition coefficient (Wildman–Crippen LogP) is 13.3. The molecule has 0 fully saturated rings. The lowest BCUT2D eigenvalue weighted by molar-refractivity contribution is 1.07. The molecule has 3 nitrogen and oxygen atoms in total. The van der Waals surface area contributed by atoms with Gasteiger partial charge in [-0.15, -0.1) is 0 Å². The van der Waals surface area contributed by atoms with Crippen LogP contribution >= 0.6 is 0 Å². The van der Waals surface area contributed by atoms with E-state index in [1.54, 1.807) is 0 Å². The van der Waals surface area contributed by atoms with E-state index < -0.39 is 0 Å². The maximum absolute atomic E-state index is 5.03. The van der Waals surface area contributed by atoms with Gasteiger partial charge in [-0.3, -0.25) is 0 Å². The van der Waals surface area contributed by atoms with E-state index in [0.717, 1.165) is 38.9 Å². The Bertz CT molecular complexity index is 2950. The van der Waals surface area contributed by atoms with E-state index in [4.69, 9.17) is 15.0 Å². The van der Waals surface area contributed by atoms with Gasteiger partial charge in [-0.2, -0.15) is 0 Å². The number of aromatic nitrogens is 3. The molecule has 54 heavy (non-hydrogen) atoms. The molecule has 0 atom stereocenters. The van der Waals surface area contributed by atoms with Gasteiger partial charge >= 0.3 is 0 Å². The monoisotopic (exact) mass is 687 g/mol. The molecular weight excluding hydrogens is 655 g/mol. The van der Waals surface area contributed by atoms with Crippen molar-refractivity contribution in [3.8, 4) is 67.5 Å². The van der Waals surface area contributed by atoms with E-state index in [1.165, 1.54) is 43.4 Å². The van der Waals surface area contributed by atoms with Crippen LogP contribution in [0.15, 0.2) is 200 Å². The maximum Gasteiger partial charge on any atom is 0.164 e. The molecule has 0 aliphatic carbocycles. The molecule has 0 aliphatic rings. The zero-order valence-electron chi connectivity index (χ0n) is 29.4. The molecule has 10 rings (SSSR count). The second kappa shape index (κ2) is 13.4. The van der Waals surface area contributed by atoms with Gasteiger partial charge in [0.05, 0.1) is 0 Å². The average molecular weight is 688 g/mol. The molecule has 10 aromatic rings. The molecule has 0 saturated carbocycles. The minimum absolute atomic E-state index is 0.640. The molecule has 9 aromatic carbocycles. The van der Waals surface area contributed by atoms with Gasteiger partial charge < -0.3 is 0 Å². The van der Waals surface area contributed by atoms with Crippen molar-refractivity contribution in [3.05, 3.63) is 200 Å². The van der Waals surface area contributed by atoms with E-state index in [-0.39, 0.29) is 0 Å². The van der Waals surface area contributed by atoms with Crippen molar-refractivity contribution in [1.29, 1.82) is 0 Å². The highest BCUT2D eigenvalue weighted by molar-refractivity contribution is 6.20. The van der Waals surface area contributed by atoms with Crippen LogP contribution in [0.1, 0.15) is 0 Å². The van der Waals surface area contributed by atoms with Crippen LogP contribution in [0, 0.1) is 0 Å². The second-order valence-corrected chi connectivity index (χ2v) is 13.6. The summed E-state index contributed by atoms with van der Waals surface area (Å²) >= 11 is 0. The molecule has 0 amide bonds. The Kier molecular flexibility index (Phi) is 7.81. The largest absolute Gasteiger partial charge is 0.208 e. The highest BCUT2D eigenvalue weighted by Gasteiger charge is 2.15. The lowest BCUT2D eigenvalue weighted by Gasteiger charge is -2.14. The van der Waals surface area contributed by atoms with E-state index >= 15 is 0 Å². The minimum Gasteiger partial charge on any atom is -0.208 e. The highest BCUT2D eigenvalue weighted by atomic mass is 15.0. The Morgan fingerprint density at radius 1 is 0.222 bits per heavy atom. The molecule has 1 heterocycles. The first-order valence-corrected chi connectivity index (χ1v) is 18.3. The fourth-order valence-corrected chi connectivity index (χ4v) is 7.59. The standard InChI is InChI=1S/C51H33N3/c1-3-12-34(13-4-1)41-18-11-19-43(32-41)51-53-49(39-15-5-2-6-16-39)52-50(54-51)40-28-24-36(25-29-40)35-22-26-38(27-23-35)48-45-21-10-8-17-42(45)33-47-44-20-9-7-14-37(44)30-31-46(47)48/h1-33H. The van der Waals surface area contributed by atoms with Gasteiger partial charge in [-0.1, -0.05) is 188 Å². The first kappa shape index (κ1) is 31.5. The van der Waals surface area contributed by atoms with E-state index in [1.807, 2.05) is 36.4 Å². The lowest BCUT2D eigenvalue weighted by Crippen LogP contribution is -2.00. The molecule has 0 N–H and O–H groups in total. The van der Waals surface area contributed by atoms with Gasteiger partial charge in [0.15, 0.2) is 17.5 Å². The summed E-state index contributed by atoms with van der Waals surface area (Å²) in [5, 5.41) is 7.59. The highest BCUT2D eigenvalue weighted by Crippen LogP contribution is 2.40. The molecule has 0 unspecified atom stereocenters. The van der Waals surface area contributed by atoms with Crippen molar-refractivity contribution < 1.29 is 0 Å². The SMILES string of the molecule is c1ccc(-c2cccc(-c3nc(-c4ccccc4)nc(-c4ccc(-c5ccc(-c6c7ccccc7cc7c6ccc6ccccc67)cc5)cc4)n3)c2)cc1. The minimum atomic E-state index is 0.640. The summed E-state index contributed by atoms with van der Waals surface area (Å²) in [5.41, 5.74) is 9.86. The van der Waals surface area contributed by atoms with E-state index in [9.17, 15) is 0 Å². The molecule has 0 saturated heterocycles. The maximum atomic E-state index is 5.03. The Morgan fingerprint density at radius 3 is 1.37 bits per heavy atom. The summed E-state index contributed by atoms with van der Waals surface area (Å²) in [6.45, 7) is 0. The third-order valence-electron chi connectivity index (χ3n) is 10.3. The fraction of sp³-hybridized carbons (Fsp3) is 0. The summed E-state index contributed by atoms with van der Waals surface area (Å²) < 4.78 is 0. The fourth-order valence-electron chi connectivity index (χ4n) is 7.59. The number of nitrogens with zero attached hydrogens (tertiary/aromatic N) is 3. The van der Waals surface area contributed by atoms with Gasteiger partial charge in [0, 0.05) is 16.7 Å². The van der Waals surface area contributed by atoms with Crippen molar-refractivity contribution in [2.45, 2.75) is 0 Å². The average Bonchev–Trinajstić information content (AvgIpc) is 3.26. The molecule has 3 heteroatoms. The van der Waals surface area contributed by atoms with Crippen LogP contribution in [0.5, 0.6) is 0 Å². The van der Waals surface area contributed by atoms with Crippen LogP contribution in [-0.2, 0) is 0 Å². The van der Waals surface area contributed by atoms with Crippen molar-refractivity contribution >= 4 is 32.3 Å². The van der Waals surface area contributed by atoms with Crippen LogP contribution < -0.4 is 0 Å². The first-order valence-electron chi connectivity index (χ1n) is 18.3. The van der Waals surface area contributed by atoms with Crippen molar-refractivity contribution in [2.24, 2.45) is 0 Å². The summed E-state index contributed by atoms with van der Waals surface area (Å²) in [6, 6.07) is 70.7. The first-order chi connectivity index (χ1) is 26.7.